The van der Waals surface area contributed by atoms with E-state index in [1.807, 2.05) is 22.7 Å². The van der Waals surface area contributed by atoms with Crippen LogP contribution in [-0.4, -0.2) is 4.57 Å². The van der Waals surface area contributed by atoms with Gasteiger partial charge in [-0.2, -0.15) is 0 Å². The maximum Gasteiger partial charge on any atom is 0.129 e. The second-order valence-corrected chi connectivity index (χ2v) is 14.6. The first-order valence-electron chi connectivity index (χ1n) is 16.1. The van der Waals surface area contributed by atoms with Crippen LogP contribution in [0.1, 0.15) is 17.8 Å². The summed E-state index contributed by atoms with van der Waals surface area (Å²) in [5, 5.41) is 21.2. The lowest BCUT2D eigenvalue weighted by Crippen LogP contribution is -2.33. The fourth-order valence-electron chi connectivity index (χ4n) is 8.17. The molecule has 47 heavy (non-hydrogen) atoms. The van der Waals surface area contributed by atoms with Gasteiger partial charge in [0.1, 0.15) is 11.2 Å². The van der Waals surface area contributed by atoms with Crippen LogP contribution in [0.15, 0.2) is 140 Å². The van der Waals surface area contributed by atoms with E-state index in [0.717, 1.165) is 0 Å². The summed E-state index contributed by atoms with van der Waals surface area (Å²) in [6.45, 7) is 0. The Kier molecular flexibility index (Phi) is 5.26. The van der Waals surface area contributed by atoms with Gasteiger partial charge in [-0.1, -0.05) is 121 Å². The van der Waals surface area contributed by atoms with Gasteiger partial charge in [-0.25, -0.2) is 0 Å². The molecule has 11 rings (SSSR count). The third-order valence-electron chi connectivity index (χ3n) is 10.1. The molecule has 10 aromatic rings. The SMILES string of the molecule is c1ccc2c(C3Nc4sc5ccccc5c4NC3n3c4ccccc4c4c5sc6ccccc6c5c5ccccc5c43)cccc2c1. The van der Waals surface area contributed by atoms with E-state index < -0.39 is 0 Å². The Bertz CT molecular complexity index is 2890. The van der Waals surface area contributed by atoms with Gasteiger partial charge in [0.25, 0.3) is 0 Å². The molecule has 3 nitrogen and oxygen atoms in total. The maximum atomic E-state index is 4.17. The number of rotatable bonds is 2. The van der Waals surface area contributed by atoms with E-state index in [-0.39, 0.29) is 12.2 Å². The van der Waals surface area contributed by atoms with Gasteiger partial charge >= 0.3 is 0 Å². The lowest BCUT2D eigenvalue weighted by molar-refractivity contribution is 0.511. The summed E-state index contributed by atoms with van der Waals surface area (Å²) in [5.41, 5.74) is 5.01. The molecule has 0 amide bonds. The normalized spacial score (nSPS) is 16.4. The van der Waals surface area contributed by atoms with Gasteiger partial charge < -0.3 is 15.2 Å². The van der Waals surface area contributed by atoms with E-state index in [9.17, 15) is 0 Å². The number of hydrogen-bond acceptors (Lipinski definition) is 4. The monoisotopic (exact) mass is 637 g/mol. The van der Waals surface area contributed by atoms with Crippen molar-refractivity contribution < 1.29 is 0 Å². The Morgan fingerprint density at radius 3 is 1.98 bits per heavy atom. The van der Waals surface area contributed by atoms with Crippen molar-refractivity contribution in [1.29, 1.82) is 0 Å². The van der Waals surface area contributed by atoms with Crippen molar-refractivity contribution in [2.24, 2.45) is 0 Å². The molecule has 0 radical (unpaired) electrons. The van der Waals surface area contributed by atoms with E-state index >= 15 is 0 Å². The first kappa shape index (κ1) is 25.8. The molecule has 0 saturated heterocycles. The molecular formula is C42H27N3S2. The van der Waals surface area contributed by atoms with Crippen LogP contribution < -0.4 is 10.6 Å². The number of para-hydroxylation sites is 1. The molecule has 1 aliphatic rings. The smallest absolute Gasteiger partial charge is 0.129 e. The number of nitrogens with zero attached hydrogens (tertiary/aromatic N) is 1. The highest BCUT2D eigenvalue weighted by molar-refractivity contribution is 7.27. The van der Waals surface area contributed by atoms with Gasteiger partial charge in [0.05, 0.1) is 22.8 Å². The summed E-state index contributed by atoms with van der Waals surface area (Å²) in [7, 11) is 0. The highest BCUT2D eigenvalue weighted by atomic mass is 32.1. The average Bonchev–Trinajstić information content (AvgIpc) is 3.80. The third-order valence-corrected chi connectivity index (χ3v) is 12.4. The molecular weight excluding hydrogens is 611 g/mol. The first-order valence-corrected chi connectivity index (χ1v) is 17.7. The van der Waals surface area contributed by atoms with E-state index in [1.54, 1.807) is 0 Å². The highest BCUT2D eigenvalue weighted by Gasteiger charge is 2.36. The van der Waals surface area contributed by atoms with E-state index in [2.05, 4.69) is 155 Å². The summed E-state index contributed by atoms with van der Waals surface area (Å²) in [5.74, 6) is 0. The number of aromatic nitrogens is 1. The number of hydrogen-bond donors (Lipinski definition) is 2. The maximum absolute atomic E-state index is 4.17. The molecule has 2 unspecified atom stereocenters. The van der Waals surface area contributed by atoms with Crippen LogP contribution in [0.4, 0.5) is 10.7 Å². The van der Waals surface area contributed by atoms with Gasteiger partial charge in [-0.15, -0.1) is 22.7 Å². The molecule has 1 aliphatic heterocycles. The summed E-state index contributed by atoms with van der Waals surface area (Å²) in [6, 6.07) is 51.2. The number of anilines is 2. The highest BCUT2D eigenvalue weighted by Crippen LogP contribution is 2.53. The number of benzene rings is 7. The van der Waals surface area contributed by atoms with Crippen LogP contribution in [0.2, 0.25) is 0 Å². The van der Waals surface area contributed by atoms with Crippen LogP contribution in [0.5, 0.6) is 0 Å². The topological polar surface area (TPSA) is 29.0 Å². The summed E-state index contributed by atoms with van der Waals surface area (Å²) in [4.78, 5) is 0. The van der Waals surface area contributed by atoms with E-state index in [1.165, 1.54) is 89.9 Å². The molecule has 0 saturated carbocycles. The Labute approximate surface area is 278 Å². The molecule has 2 atom stereocenters. The fourth-order valence-corrected chi connectivity index (χ4v) is 10.5. The summed E-state index contributed by atoms with van der Waals surface area (Å²) in [6.07, 6.45) is -0.107. The van der Waals surface area contributed by atoms with Gasteiger partial charge in [0.2, 0.25) is 0 Å². The van der Waals surface area contributed by atoms with Crippen LogP contribution in [0.3, 0.4) is 0 Å². The van der Waals surface area contributed by atoms with Crippen molar-refractivity contribution in [3.05, 3.63) is 145 Å². The molecule has 4 heterocycles. The molecule has 0 bridgehead atoms. The fraction of sp³-hybridized carbons (Fsp3) is 0.0476. The molecule has 222 valence electrons. The molecule has 3 aromatic heterocycles. The van der Waals surface area contributed by atoms with E-state index in [4.69, 9.17) is 0 Å². The Morgan fingerprint density at radius 2 is 1.13 bits per heavy atom. The summed E-state index contributed by atoms with van der Waals surface area (Å²) < 4.78 is 6.60. The second kappa shape index (κ2) is 9.58. The van der Waals surface area contributed by atoms with Crippen molar-refractivity contribution in [2.45, 2.75) is 12.2 Å². The summed E-state index contributed by atoms with van der Waals surface area (Å²) >= 11 is 3.76. The van der Waals surface area contributed by atoms with Gasteiger partial charge in [-0.05, 0) is 39.9 Å². The van der Waals surface area contributed by atoms with Crippen molar-refractivity contribution in [3.8, 4) is 0 Å². The van der Waals surface area contributed by atoms with Gasteiger partial charge in [-0.3, -0.25) is 0 Å². The van der Waals surface area contributed by atoms with E-state index in [0.29, 0.717) is 0 Å². The lowest BCUT2D eigenvalue weighted by atomic mass is 9.95. The van der Waals surface area contributed by atoms with Gasteiger partial charge in [0, 0.05) is 46.4 Å². The lowest BCUT2D eigenvalue weighted by Gasteiger charge is -2.37. The minimum atomic E-state index is -0.107. The molecule has 0 aliphatic carbocycles. The average molecular weight is 638 g/mol. The van der Waals surface area contributed by atoms with Crippen LogP contribution in [0, 0.1) is 0 Å². The molecule has 0 fully saturated rings. The van der Waals surface area contributed by atoms with Crippen molar-refractivity contribution in [3.63, 3.8) is 0 Å². The zero-order valence-corrected chi connectivity index (χ0v) is 26.8. The number of nitrogens with one attached hydrogen (secondary N) is 2. The number of fused-ring (bicyclic) bond motifs is 14. The standard InChI is InChI=1S/C42H27N3S2/c1-2-14-25-24(12-1)13-11-20-27(25)37-41(43-38-31-19-7-10-23-34(31)47-42(38)44-37)45-32-21-8-5-17-29(32)36-39(45)28-16-4-3-15-26(28)35-30-18-6-9-22-33(30)46-40(35)36/h1-23,37,41,43-44H. The first-order chi connectivity index (χ1) is 23.3. The second-order valence-electron chi connectivity index (χ2n) is 12.5. The predicted molar refractivity (Wildman–Crippen MR) is 205 cm³/mol. The Morgan fingerprint density at radius 1 is 0.489 bits per heavy atom. The molecule has 5 heteroatoms. The Hall–Kier alpha value is -5.36. The quantitative estimate of drug-likeness (QED) is 0.197. The van der Waals surface area contributed by atoms with Crippen LogP contribution in [0.25, 0.3) is 73.6 Å². The minimum Gasteiger partial charge on any atom is -0.364 e. The Balaban J connectivity index is 1.31. The van der Waals surface area contributed by atoms with Crippen molar-refractivity contribution >= 4 is 107 Å². The predicted octanol–water partition coefficient (Wildman–Crippen LogP) is 12.5. The molecule has 0 spiro atoms. The van der Waals surface area contributed by atoms with Crippen LogP contribution in [-0.2, 0) is 0 Å². The van der Waals surface area contributed by atoms with Gasteiger partial charge in [0.15, 0.2) is 0 Å². The minimum absolute atomic E-state index is 0.0301. The van der Waals surface area contributed by atoms with Crippen LogP contribution >= 0.6 is 22.7 Å². The zero-order valence-electron chi connectivity index (χ0n) is 25.2. The number of thiophene rings is 2. The molecule has 2 N–H and O–H groups in total. The zero-order chi connectivity index (χ0) is 30.6. The van der Waals surface area contributed by atoms with Crippen molar-refractivity contribution in [2.75, 3.05) is 10.6 Å². The largest absolute Gasteiger partial charge is 0.364 e. The molecule has 7 aromatic carbocycles. The third kappa shape index (κ3) is 3.50. The van der Waals surface area contributed by atoms with Crippen molar-refractivity contribution in [1.82, 2.24) is 4.57 Å².